The van der Waals surface area contributed by atoms with Crippen LogP contribution in [0.2, 0.25) is 0 Å². The molecule has 0 aromatic heterocycles. The predicted molar refractivity (Wildman–Crippen MR) is 236 cm³/mol. The maximum Gasteiger partial charge on any atom is 0.306 e. The van der Waals surface area contributed by atoms with Crippen LogP contribution in [0.4, 0.5) is 0 Å². The summed E-state index contributed by atoms with van der Waals surface area (Å²) in [5.74, 6) is -1.79. The molecule has 0 amide bonds. The van der Waals surface area contributed by atoms with Crippen molar-refractivity contribution >= 4 is 17.9 Å². The lowest BCUT2D eigenvalue weighted by Crippen LogP contribution is -2.55. The number of rotatable bonds is 40. The molecule has 2 unspecified atom stereocenters. The lowest BCUT2D eigenvalue weighted by molar-refractivity contribution is -0.889. The summed E-state index contributed by atoms with van der Waals surface area (Å²) >= 11 is 0. The van der Waals surface area contributed by atoms with E-state index >= 15 is 0 Å². The van der Waals surface area contributed by atoms with Crippen LogP contribution in [0.1, 0.15) is 181 Å². The first-order valence-electron chi connectivity index (χ1n) is 22.9. The fraction of sp³-hybridized carbons (Fsp3) is 0.735. The molecule has 0 aromatic rings. The van der Waals surface area contributed by atoms with Crippen LogP contribution in [0.5, 0.6) is 0 Å². The average Bonchev–Trinajstić information content (AvgIpc) is 3.17. The van der Waals surface area contributed by atoms with Gasteiger partial charge in [-0.25, -0.2) is 0 Å². The molecule has 0 heterocycles. The Balaban J connectivity index is 4.36. The summed E-state index contributed by atoms with van der Waals surface area (Å²) in [6, 6.07) is -0.735. The van der Waals surface area contributed by atoms with Crippen molar-refractivity contribution in [1.29, 1.82) is 0 Å². The second-order valence-corrected chi connectivity index (χ2v) is 16.4. The average molecular weight is 800 g/mol. The molecular formula is C49H85NO7. The number of unbranched alkanes of at least 4 members (excludes halogenated alkanes) is 20. The van der Waals surface area contributed by atoms with Gasteiger partial charge >= 0.3 is 11.9 Å². The van der Waals surface area contributed by atoms with Crippen LogP contribution in [0.25, 0.3) is 0 Å². The van der Waals surface area contributed by atoms with Crippen LogP contribution in [-0.4, -0.2) is 75.5 Å². The number of ether oxygens (including phenoxy) is 3. The van der Waals surface area contributed by atoms with Crippen molar-refractivity contribution < 1.29 is 38.2 Å². The molecule has 328 valence electrons. The standard InChI is InChI=1S/C49H85NO7/c1-6-8-10-12-14-16-18-20-22-23-24-26-27-29-31-33-35-37-39-47(51)56-44-45(43-55-42-41-46(49(53)54)50(3,4)5)57-48(52)40-38-36-34-32-30-28-25-21-19-17-15-13-11-9-7-2/h9,11,13,15,17,19,21,25,28,30,45-46H,6-8,10,12,14,16,18,20,22-24,26-27,29,31-44H2,1-5H3/b11-9+,15-13+,19-17+,25-21+,30-28+. The third-order valence-corrected chi connectivity index (χ3v) is 10.0. The highest BCUT2D eigenvalue weighted by Gasteiger charge is 2.25. The SMILES string of the molecule is CC/C=C/C=C/C=C/C=C/C=C/CCCCCC(=O)OC(COCCC(C(=O)[O-])[N+](C)(C)C)COC(=O)CCCCCCCCCCCCCCCCCCCC. The lowest BCUT2D eigenvalue weighted by Gasteiger charge is -2.34. The van der Waals surface area contributed by atoms with Crippen LogP contribution < -0.4 is 5.11 Å². The molecule has 0 aliphatic heterocycles. The minimum Gasteiger partial charge on any atom is -0.544 e. The van der Waals surface area contributed by atoms with E-state index in [0.717, 1.165) is 44.9 Å². The molecule has 0 radical (unpaired) electrons. The number of likely N-dealkylation sites (N-methyl/N-ethyl adjacent to an activating group) is 1. The van der Waals surface area contributed by atoms with Gasteiger partial charge in [0.25, 0.3) is 0 Å². The van der Waals surface area contributed by atoms with E-state index in [0.29, 0.717) is 12.8 Å². The Morgan fingerprint density at radius 3 is 1.46 bits per heavy atom. The molecule has 0 aromatic carbocycles. The van der Waals surface area contributed by atoms with Crippen molar-refractivity contribution in [1.82, 2.24) is 0 Å². The zero-order chi connectivity index (χ0) is 42.1. The molecule has 0 bridgehead atoms. The minimum atomic E-state index is -1.13. The second-order valence-electron chi connectivity index (χ2n) is 16.4. The van der Waals surface area contributed by atoms with Gasteiger partial charge in [0.2, 0.25) is 0 Å². The highest BCUT2D eigenvalue weighted by atomic mass is 16.6. The van der Waals surface area contributed by atoms with Gasteiger partial charge in [-0.05, 0) is 32.1 Å². The number of esters is 2. The van der Waals surface area contributed by atoms with E-state index in [1.54, 1.807) is 21.1 Å². The van der Waals surface area contributed by atoms with Gasteiger partial charge in [-0.3, -0.25) is 9.59 Å². The molecule has 0 N–H and O–H groups in total. The number of carboxylic acid groups (broad SMARTS) is 1. The summed E-state index contributed by atoms with van der Waals surface area (Å²) in [6.45, 7) is 4.48. The van der Waals surface area contributed by atoms with Crippen LogP contribution in [0.3, 0.4) is 0 Å². The summed E-state index contributed by atoms with van der Waals surface area (Å²) in [5.41, 5.74) is 0. The highest BCUT2D eigenvalue weighted by Crippen LogP contribution is 2.15. The first kappa shape index (κ1) is 54.0. The van der Waals surface area contributed by atoms with E-state index in [1.807, 2.05) is 48.6 Å². The number of nitrogens with zero attached hydrogens (tertiary/aromatic N) is 1. The van der Waals surface area contributed by atoms with E-state index < -0.39 is 18.1 Å². The molecule has 0 saturated carbocycles. The Bertz CT molecular complexity index is 1120. The molecule has 0 aliphatic rings. The summed E-state index contributed by atoms with van der Waals surface area (Å²) in [5, 5.41) is 11.6. The van der Waals surface area contributed by atoms with Gasteiger partial charge < -0.3 is 28.6 Å². The fourth-order valence-electron chi connectivity index (χ4n) is 6.50. The van der Waals surface area contributed by atoms with Crippen LogP contribution in [0.15, 0.2) is 60.8 Å². The Morgan fingerprint density at radius 1 is 0.544 bits per heavy atom. The molecule has 8 heteroatoms. The smallest absolute Gasteiger partial charge is 0.306 e. The van der Waals surface area contributed by atoms with Crippen molar-refractivity contribution in [2.24, 2.45) is 0 Å². The van der Waals surface area contributed by atoms with E-state index in [-0.39, 0.29) is 49.1 Å². The number of quaternary nitrogens is 1. The molecule has 0 fully saturated rings. The number of carboxylic acids is 1. The van der Waals surface area contributed by atoms with Crippen molar-refractivity contribution in [3.05, 3.63) is 60.8 Å². The Labute approximate surface area is 349 Å². The first-order chi connectivity index (χ1) is 27.6. The normalized spacial score (nSPS) is 13.5. The van der Waals surface area contributed by atoms with Crippen molar-refractivity contribution in [2.45, 2.75) is 193 Å². The third kappa shape index (κ3) is 38.3. The highest BCUT2D eigenvalue weighted by molar-refractivity contribution is 5.70. The second kappa shape index (κ2) is 39.8. The summed E-state index contributed by atoms with van der Waals surface area (Å²) < 4.78 is 17.1. The molecule has 0 rings (SSSR count). The Morgan fingerprint density at radius 2 is 0.982 bits per heavy atom. The van der Waals surface area contributed by atoms with E-state index in [9.17, 15) is 19.5 Å². The lowest BCUT2D eigenvalue weighted by atomic mass is 10.0. The largest absolute Gasteiger partial charge is 0.544 e. The first-order valence-corrected chi connectivity index (χ1v) is 22.9. The summed E-state index contributed by atoms with van der Waals surface area (Å²) in [7, 11) is 5.39. The number of allylic oxidation sites excluding steroid dienone is 10. The Kier molecular flexibility index (Phi) is 37.8. The van der Waals surface area contributed by atoms with Crippen molar-refractivity contribution in [3.63, 3.8) is 0 Å². The number of carbonyl (C=O) groups is 3. The molecule has 0 saturated heterocycles. The number of carbonyl (C=O) groups excluding carboxylic acids is 3. The van der Waals surface area contributed by atoms with Crippen LogP contribution >= 0.6 is 0 Å². The van der Waals surface area contributed by atoms with Crippen molar-refractivity contribution in [2.75, 3.05) is 41.0 Å². The predicted octanol–water partition coefficient (Wildman–Crippen LogP) is 11.2. The number of aliphatic carboxylic acids is 1. The van der Waals surface area contributed by atoms with E-state index in [2.05, 4.69) is 26.0 Å². The van der Waals surface area contributed by atoms with Crippen LogP contribution in [0, 0.1) is 0 Å². The van der Waals surface area contributed by atoms with Crippen molar-refractivity contribution in [3.8, 4) is 0 Å². The number of hydrogen-bond donors (Lipinski definition) is 0. The van der Waals surface area contributed by atoms with E-state index in [1.165, 1.54) is 96.3 Å². The van der Waals surface area contributed by atoms with Gasteiger partial charge in [-0.15, -0.1) is 0 Å². The molecule has 2 atom stereocenters. The number of hydrogen-bond acceptors (Lipinski definition) is 7. The third-order valence-electron chi connectivity index (χ3n) is 10.0. The van der Waals surface area contributed by atoms with Gasteiger partial charge in [0.15, 0.2) is 6.10 Å². The molecule has 0 aliphatic carbocycles. The topological polar surface area (TPSA) is 102 Å². The quantitative estimate of drug-likeness (QED) is 0.0263. The summed E-state index contributed by atoms with van der Waals surface area (Å²) in [6.07, 6.45) is 48.2. The van der Waals surface area contributed by atoms with Crippen LogP contribution in [-0.2, 0) is 28.6 Å². The molecule has 8 nitrogen and oxygen atoms in total. The molecule has 57 heavy (non-hydrogen) atoms. The maximum absolute atomic E-state index is 12.7. The minimum absolute atomic E-state index is 0.0226. The van der Waals surface area contributed by atoms with Gasteiger partial charge in [0, 0.05) is 19.3 Å². The molecule has 0 spiro atoms. The van der Waals surface area contributed by atoms with E-state index in [4.69, 9.17) is 14.2 Å². The van der Waals surface area contributed by atoms with Gasteiger partial charge in [-0.1, -0.05) is 190 Å². The summed E-state index contributed by atoms with van der Waals surface area (Å²) in [4.78, 5) is 36.9. The molecular weight excluding hydrogens is 715 g/mol. The monoisotopic (exact) mass is 800 g/mol. The zero-order valence-corrected chi connectivity index (χ0v) is 37.2. The van der Waals surface area contributed by atoms with Gasteiger partial charge in [0.05, 0.1) is 40.3 Å². The maximum atomic E-state index is 12.7. The Hall–Kier alpha value is -2.97. The zero-order valence-electron chi connectivity index (χ0n) is 37.2. The fourth-order valence-corrected chi connectivity index (χ4v) is 6.50. The van der Waals surface area contributed by atoms with Gasteiger partial charge in [0.1, 0.15) is 12.6 Å². The van der Waals surface area contributed by atoms with Gasteiger partial charge in [-0.2, -0.15) is 0 Å².